The van der Waals surface area contributed by atoms with E-state index in [0.29, 0.717) is 12.6 Å². The fourth-order valence-electron chi connectivity index (χ4n) is 1.98. The van der Waals surface area contributed by atoms with Crippen LogP contribution in [0.3, 0.4) is 0 Å². The summed E-state index contributed by atoms with van der Waals surface area (Å²) in [6.45, 7) is 1.68. The van der Waals surface area contributed by atoms with Crippen LogP contribution in [0, 0.1) is 0 Å². The molecule has 2 N–H and O–H groups in total. The Hall–Kier alpha value is -1.69. The number of hydrogen-bond acceptors (Lipinski definition) is 4. The number of carbonyl (C=O) groups is 1. The van der Waals surface area contributed by atoms with Crippen LogP contribution in [0.1, 0.15) is 23.3 Å². The van der Waals surface area contributed by atoms with Gasteiger partial charge in [0.2, 0.25) is 0 Å². The number of likely N-dealkylation sites (N-methyl/N-ethyl adjacent to an activating group) is 1. The van der Waals surface area contributed by atoms with E-state index in [2.05, 4.69) is 15.3 Å². The molecule has 0 spiro atoms. The van der Waals surface area contributed by atoms with E-state index in [0.717, 1.165) is 25.6 Å². The van der Waals surface area contributed by atoms with Crippen LogP contribution in [0.5, 0.6) is 0 Å². The van der Waals surface area contributed by atoms with Crippen LogP contribution < -0.4 is 10.9 Å². The van der Waals surface area contributed by atoms with Crippen LogP contribution in [0.2, 0.25) is 0 Å². The second kappa shape index (κ2) is 5.09. The van der Waals surface area contributed by atoms with Gasteiger partial charge in [-0.2, -0.15) is 0 Å². The van der Waals surface area contributed by atoms with Crippen LogP contribution in [0.25, 0.3) is 0 Å². The molecule has 0 saturated carbocycles. The summed E-state index contributed by atoms with van der Waals surface area (Å²) < 4.78 is 0. The van der Waals surface area contributed by atoms with Crippen molar-refractivity contribution in [2.45, 2.75) is 18.9 Å². The molecular formula is C11H16N4O2. The first-order chi connectivity index (χ1) is 8.16. The largest absolute Gasteiger partial charge is 0.339 e. The number of H-pyrrole nitrogens is 1. The number of aromatic nitrogens is 2. The van der Waals surface area contributed by atoms with Gasteiger partial charge in [0.25, 0.3) is 11.5 Å². The standard InChI is InChI=1S/C11H16N4O2/c1-15(7-8-3-2-4-12-8)11(17)9-5-14-10(16)6-13-9/h5-6,8,12H,2-4,7H2,1H3,(H,14,16). The van der Waals surface area contributed by atoms with Crippen LogP contribution in [0.4, 0.5) is 0 Å². The van der Waals surface area contributed by atoms with Gasteiger partial charge in [0.05, 0.1) is 6.20 Å². The summed E-state index contributed by atoms with van der Waals surface area (Å²) in [4.78, 5) is 30.7. The third kappa shape index (κ3) is 2.91. The summed E-state index contributed by atoms with van der Waals surface area (Å²) in [5.74, 6) is -0.171. The van der Waals surface area contributed by atoms with Gasteiger partial charge in [-0.05, 0) is 19.4 Å². The molecule has 1 aliphatic rings. The highest BCUT2D eigenvalue weighted by Crippen LogP contribution is 2.07. The normalized spacial score (nSPS) is 19.2. The predicted octanol–water partition coefficient (Wildman–Crippen LogP) is -0.406. The lowest BCUT2D eigenvalue weighted by Crippen LogP contribution is -2.39. The van der Waals surface area contributed by atoms with E-state index in [1.807, 2.05) is 0 Å². The highest BCUT2D eigenvalue weighted by Gasteiger charge is 2.20. The third-order valence-corrected chi connectivity index (χ3v) is 2.89. The first kappa shape index (κ1) is 11.8. The number of nitrogens with zero attached hydrogens (tertiary/aromatic N) is 2. The lowest BCUT2D eigenvalue weighted by atomic mass is 10.2. The molecule has 0 aromatic carbocycles. The highest BCUT2D eigenvalue weighted by molar-refractivity contribution is 5.91. The van der Waals surface area contributed by atoms with Crippen molar-refractivity contribution in [2.75, 3.05) is 20.1 Å². The number of aromatic amines is 1. The first-order valence-electron chi connectivity index (χ1n) is 5.70. The molecule has 17 heavy (non-hydrogen) atoms. The van der Waals surface area contributed by atoms with Gasteiger partial charge in [-0.25, -0.2) is 4.98 Å². The fraction of sp³-hybridized carbons (Fsp3) is 0.545. The molecule has 1 unspecified atom stereocenters. The van der Waals surface area contributed by atoms with E-state index >= 15 is 0 Å². The monoisotopic (exact) mass is 236 g/mol. The molecule has 2 rings (SSSR count). The molecule has 1 aliphatic heterocycles. The molecule has 92 valence electrons. The Balaban J connectivity index is 1.98. The quantitative estimate of drug-likeness (QED) is 0.748. The number of hydrogen-bond donors (Lipinski definition) is 2. The van der Waals surface area contributed by atoms with Gasteiger partial charge in [-0.1, -0.05) is 0 Å². The summed E-state index contributed by atoms with van der Waals surface area (Å²) in [7, 11) is 1.75. The van der Waals surface area contributed by atoms with Crippen molar-refractivity contribution < 1.29 is 4.79 Å². The smallest absolute Gasteiger partial charge is 0.273 e. The topological polar surface area (TPSA) is 78.1 Å². The van der Waals surface area contributed by atoms with Crippen molar-refractivity contribution in [2.24, 2.45) is 0 Å². The van der Waals surface area contributed by atoms with E-state index in [9.17, 15) is 9.59 Å². The zero-order valence-electron chi connectivity index (χ0n) is 9.77. The molecule has 0 aliphatic carbocycles. The van der Waals surface area contributed by atoms with Gasteiger partial charge < -0.3 is 15.2 Å². The molecular weight excluding hydrogens is 220 g/mol. The summed E-state index contributed by atoms with van der Waals surface area (Å²) in [5, 5.41) is 3.33. The molecule has 1 amide bonds. The van der Waals surface area contributed by atoms with E-state index in [-0.39, 0.29) is 17.2 Å². The van der Waals surface area contributed by atoms with Crippen molar-refractivity contribution in [3.63, 3.8) is 0 Å². The molecule has 6 nitrogen and oxygen atoms in total. The van der Waals surface area contributed by atoms with Gasteiger partial charge in [0, 0.05) is 25.8 Å². The van der Waals surface area contributed by atoms with Gasteiger partial charge in [0.15, 0.2) is 0 Å². The van der Waals surface area contributed by atoms with Crippen molar-refractivity contribution in [3.8, 4) is 0 Å². The van der Waals surface area contributed by atoms with E-state index in [1.165, 1.54) is 6.20 Å². The summed E-state index contributed by atoms with van der Waals surface area (Å²) in [6.07, 6.45) is 4.72. The second-order valence-corrected chi connectivity index (χ2v) is 4.28. The molecule has 1 aromatic rings. The maximum atomic E-state index is 12.0. The number of amides is 1. The number of carbonyl (C=O) groups excluding carboxylic acids is 1. The van der Waals surface area contributed by atoms with Crippen molar-refractivity contribution in [3.05, 3.63) is 28.4 Å². The van der Waals surface area contributed by atoms with Crippen molar-refractivity contribution in [1.29, 1.82) is 0 Å². The molecule has 1 saturated heterocycles. The van der Waals surface area contributed by atoms with E-state index in [4.69, 9.17) is 0 Å². The average Bonchev–Trinajstić information content (AvgIpc) is 2.82. The Bertz CT molecular complexity index is 431. The molecule has 2 heterocycles. The third-order valence-electron chi connectivity index (χ3n) is 2.89. The van der Waals surface area contributed by atoms with Crippen LogP contribution in [-0.2, 0) is 0 Å². The zero-order valence-corrected chi connectivity index (χ0v) is 9.77. The van der Waals surface area contributed by atoms with Crippen LogP contribution in [-0.4, -0.2) is 47.0 Å². The van der Waals surface area contributed by atoms with E-state index < -0.39 is 0 Å². The molecule has 0 radical (unpaired) electrons. The molecule has 6 heteroatoms. The zero-order chi connectivity index (χ0) is 12.3. The van der Waals surface area contributed by atoms with Gasteiger partial charge in [0.1, 0.15) is 5.69 Å². The molecule has 1 atom stereocenters. The minimum Gasteiger partial charge on any atom is -0.339 e. The summed E-state index contributed by atoms with van der Waals surface area (Å²) >= 11 is 0. The van der Waals surface area contributed by atoms with Gasteiger partial charge >= 0.3 is 0 Å². The Kier molecular flexibility index (Phi) is 3.53. The minimum atomic E-state index is -0.304. The van der Waals surface area contributed by atoms with Gasteiger partial charge in [-0.3, -0.25) is 9.59 Å². The predicted molar refractivity (Wildman–Crippen MR) is 62.8 cm³/mol. The Morgan fingerprint density at radius 1 is 1.65 bits per heavy atom. The molecule has 0 bridgehead atoms. The van der Waals surface area contributed by atoms with Crippen molar-refractivity contribution in [1.82, 2.24) is 20.2 Å². The maximum Gasteiger partial charge on any atom is 0.273 e. The molecule has 1 aromatic heterocycles. The second-order valence-electron chi connectivity index (χ2n) is 4.28. The van der Waals surface area contributed by atoms with Crippen LogP contribution in [0.15, 0.2) is 17.2 Å². The Labute approximate surface area is 99.1 Å². The minimum absolute atomic E-state index is 0.171. The fourth-order valence-corrected chi connectivity index (χ4v) is 1.98. The van der Waals surface area contributed by atoms with E-state index in [1.54, 1.807) is 11.9 Å². The number of rotatable bonds is 3. The lowest BCUT2D eigenvalue weighted by Gasteiger charge is -2.20. The average molecular weight is 236 g/mol. The van der Waals surface area contributed by atoms with Crippen LogP contribution >= 0.6 is 0 Å². The SMILES string of the molecule is CN(CC1CCCN1)C(=O)c1c[nH]c(=O)cn1. The summed E-state index contributed by atoms with van der Waals surface area (Å²) in [6, 6.07) is 0.367. The highest BCUT2D eigenvalue weighted by atomic mass is 16.2. The number of nitrogens with one attached hydrogen (secondary N) is 2. The Morgan fingerprint density at radius 3 is 3.06 bits per heavy atom. The van der Waals surface area contributed by atoms with Crippen molar-refractivity contribution >= 4 is 5.91 Å². The summed E-state index contributed by atoms with van der Waals surface area (Å²) in [5.41, 5.74) is -0.0354. The Morgan fingerprint density at radius 2 is 2.47 bits per heavy atom. The van der Waals surface area contributed by atoms with Gasteiger partial charge in [-0.15, -0.1) is 0 Å². The molecule has 1 fully saturated rings. The maximum absolute atomic E-state index is 12.0. The lowest BCUT2D eigenvalue weighted by molar-refractivity contribution is 0.0777. The first-order valence-corrected chi connectivity index (χ1v) is 5.70.